The summed E-state index contributed by atoms with van der Waals surface area (Å²) in [5.74, 6) is 0.812. The van der Waals surface area contributed by atoms with E-state index in [0.29, 0.717) is 18.9 Å². The molecule has 146 valence electrons. The minimum Gasteiger partial charge on any atom is -0.340 e. The zero-order valence-electron chi connectivity index (χ0n) is 17.1. The van der Waals surface area contributed by atoms with Crippen LogP contribution in [0.2, 0.25) is 0 Å². The van der Waals surface area contributed by atoms with E-state index in [9.17, 15) is 4.79 Å². The molecule has 0 spiro atoms. The molecular formula is C22H32N4O. The van der Waals surface area contributed by atoms with Gasteiger partial charge in [0.2, 0.25) is 5.91 Å². The summed E-state index contributed by atoms with van der Waals surface area (Å²) < 4.78 is 1.93. The van der Waals surface area contributed by atoms with Crippen molar-refractivity contribution < 1.29 is 4.79 Å². The second-order valence-corrected chi connectivity index (χ2v) is 7.95. The van der Waals surface area contributed by atoms with E-state index in [4.69, 9.17) is 0 Å². The standard InChI is InChI=1S/C22H32N4O/c1-17(2)21-7-5-20(6-8-21)16-24-11-13-25(14-12-24)22(27)9-10-26-19(4)15-18(3)23-26/h5-8,15,17H,9-14,16H2,1-4H3. The van der Waals surface area contributed by atoms with Crippen molar-refractivity contribution in [2.75, 3.05) is 26.2 Å². The number of aryl methyl sites for hydroxylation is 3. The second-order valence-electron chi connectivity index (χ2n) is 7.95. The highest BCUT2D eigenvalue weighted by Crippen LogP contribution is 2.16. The van der Waals surface area contributed by atoms with Crippen molar-refractivity contribution in [2.45, 2.75) is 53.1 Å². The Morgan fingerprint density at radius 2 is 1.74 bits per heavy atom. The molecule has 0 aliphatic carbocycles. The van der Waals surface area contributed by atoms with Crippen LogP contribution in [0, 0.1) is 13.8 Å². The lowest BCUT2D eigenvalue weighted by molar-refractivity contribution is -0.133. The maximum atomic E-state index is 12.5. The van der Waals surface area contributed by atoms with Crippen LogP contribution in [0.1, 0.15) is 48.7 Å². The number of piperazine rings is 1. The van der Waals surface area contributed by atoms with Crippen molar-refractivity contribution in [3.63, 3.8) is 0 Å². The Bertz CT molecular complexity index is 755. The van der Waals surface area contributed by atoms with Crippen molar-refractivity contribution in [3.8, 4) is 0 Å². The van der Waals surface area contributed by atoms with Gasteiger partial charge in [0.25, 0.3) is 0 Å². The fraction of sp³-hybridized carbons (Fsp3) is 0.545. The Hall–Kier alpha value is -2.14. The highest BCUT2D eigenvalue weighted by Gasteiger charge is 2.21. The normalized spacial score (nSPS) is 15.5. The molecule has 5 nitrogen and oxygen atoms in total. The molecule has 5 heteroatoms. The Morgan fingerprint density at radius 1 is 1.07 bits per heavy atom. The zero-order valence-corrected chi connectivity index (χ0v) is 17.1. The number of carbonyl (C=O) groups is 1. The second kappa shape index (κ2) is 8.70. The van der Waals surface area contributed by atoms with Crippen LogP contribution in [0.15, 0.2) is 30.3 Å². The fourth-order valence-corrected chi connectivity index (χ4v) is 3.68. The molecule has 27 heavy (non-hydrogen) atoms. The fourth-order valence-electron chi connectivity index (χ4n) is 3.68. The van der Waals surface area contributed by atoms with Gasteiger partial charge < -0.3 is 4.90 Å². The van der Waals surface area contributed by atoms with Crippen molar-refractivity contribution in [1.29, 1.82) is 0 Å². The molecular weight excluding hydrogens is 336 g/mol. The number of aromatic nitrogens is 2. The van der Waals surface area contributed by atoms with Crippen LogP contribution >= 0.6 is 0 Å². The number of benzene rings is 1. The third kappa shape index (κ3) is 5.19. The molecule has 1 fully saturated rings. The Labute approximate surface area is 163 Å². The van der Waals surface area contributed by atoms with Crippen LogP contribution in [0.5, 0.6) is 0 Å². The van der Waals surface area contributed by atoms with Gasteiger partial charge in [0.05, 0.1) is 5.69 Å². The lowest BCUT2D eigenvalue weighted by Gasteiger charge is -2.35. The van der Waals surface area contributed by atoms with Gasteiger partial charge in [-0.2, -0.15) is 5.10 Å². The zero-order chi connectivity index (χ0) is 19.4. The molecule has 1 aromatic heterocycles. The molecule has 2 aromatic rings. The van der Waals surface area contributed by atoms with Gasteiger partial charge in [0.15, 0.2) is 0 Å². The SMILES string of the molecule is Cc1cc(C)n(CCC(=O)N2CCN(Cc3ccc(C(C)C)cc3)CC2)n1. The molecule has 1 amide bonds. The van der Waals surface area contributed by atoms with E-state index in [2.05, 4.69) is 54.2 Å². The average molecular weight is 369 g/mol. The number of rotatable bonds is 6. The summed E-state index contributed by atoms with van der Waals surface area (Å²) in [7, 11) is 0. The predicted octanol–water partition coefficient (Wildman–Crippen LogP) is 3.36. The van der Waals surface area contributed by atoms with Gasteiger partial charge in [0, 0.05) is 51.4 Å². The summed E-state index contributed by atoms with van der Waals surface area (Å²) in [6.45, 7) is 13.6. The highest BCUT2D eigenvalue weighted by molar-refractivity contribution is 5.76. The molecule has 2 heterocycles. The van der Waals surface area contributed by atoms with Gasteiger partial charge in [0.1, 0.15) is 0 Å². The van der Waals surface area contributed by atoms with E-state index >= 15 is 0 Å². The Morgan fingerprint density at radius 3 is 2.30 bits per heavy atom. The minimum atomic E-state index is 0.239. The Kier molecular flexibility index (Phi) is 6.32. The van der Waals surface area contributed by atoms with Crippen LogP contribution in [0.25, 0.3) is 0 Å². The van der Waals surface area contributed by atoms with Crippen molar-refractivity contribution >= 4 is 5.91 Å². The smallest absolute Gasteiger partial charge is 0.224 e. The molecule has 0 radical (unpaired) electrons. The number of hydrogen-bond acceptors (Lipinski definition) is 3. The van der Waals surface area contributed by atoms with Crippen LogP contribution in [-0.4, -0.2) is 51.7 Å². The number of nitrogens with zero attached hydrogens (tertiary/aromatic N) is 4. The van der Waals surface area contributed by atoms with E-state index < -0.39 is 0 Å². The Balaban J connectivity index is 1.44. The molecule has 1 aliphatic rings. The van der Waals surface area contributed by atoms with Crippen molar-refractivity contribution in [2.24, 2.45) is 0 Å². The topological polar surface area (TPSA) is 41.4 Å². The molecule has 0 N–H and O–H groups in total. The highest BCUT2D eigenvalue weighted by atomic mass is 16.2. The van der Waals surface area contributed by atoms with Crippen LogP contribution in [-0.2, 0) is 17.9 Å². The molecule has 1 aromatic carbocycles. The maximum absolute atomic E-state index is 12.5. The molecule has 3 rings (SSSR count). The minimum absolute atomic E-state index is 0.239. The third-order valence-corrected chi connectivity index (χ3v) is 5.42. The van der Waals surface area contributed by atoms with Crippen LogP contribution in [0.3, 0.4) is 0 Å². The summed E-state index contributed by atoms with van der Waals surface area (Å²) >= 11 is 0. The lowest BCUT2D eigenvalue weighted by atomic mass is 10.0. The average Bonchev–Trinajstić information content (AvgIpc) is 2.98. The molecule has 0 bridgehead atoms. The van der Waals surface area contributed by atoms with E-state index in [0.717, 1.165) is 44.1 Å². The molecule has 0 saturated carbocycles. The first-order valence-corrected chi connectivity index (χ1v) is 10.0. The van der Waals surface area contributed by atoms with Gasteiger partial charge in [-0.3, -0.25) is 14.4 Å². The number of hydrogen-bond donors (Lipinski definition) is 0. The van der Waals surface area contributed by atoms with Crippen LogP contribution < -0.4 is 0 Å². The van der Waals surface area contributed by atoms with Crippen LogP contribution in [0.4, 0.5) is 0 Å². The molecule has 1 saturated heterocycles. The monoisotopic (exact) mass is 368 g/mol. The first-order valence-electron chi connectivity index (χ1n) is 10.0. The summed E-state index contributed by atoms with van der Waals surface area (Å²) in [4.78, 5) is 17.0. The maximum Gasteiger partial charge on any atom is 0.224 e. The largest absolute Gasteiger partial charge is 0.340 e. The number of carbonyl (C=O) groups excluding carboxylic acids is 1. The van der Waals surface area contributed by atoms with Gasteiger partial charge >= 0.3 is 0 Å². The first kappa shape index (κ1) is 19.6. The molecule has 0 atom stereocenters. The van der Waals surface area contributed by atoms with E-state index in [-0.39, 0.29) is 5.91 Å². The summed E-state index contributed by atoms with van der Waals surface area (Å²) in [5, 5.41) is 4.44. The quantitative estimate of drug-likeness (QED) is 0.785. The van der Waals surface area contributed by atoms with Crippen molar-refractivity contribution in [1.82, 2.24) is 19.6 Å². The van der Waals surface area contributed by atoms with E-state index in [1.807, 2.05) is 23.4 Å². The summed E-state index contributed by atoms with van der Waals surface area (Å²) in [5.41, 5.74) is 4.86. The summed E-state index contributed by atoms with van der Waals surface area (Å²) in [6.07, 6.45) is 0.526. The van der Waals surface area contributed by atoms with Gasteiger partial charge in [-0.1, -0.05) is 38.1 Å². The first-order chi connectivity index (χ1) is 12.9. The van der Waals surface area contributed by atoms with Crippen molar-refractivity contribution in [3.05, 3.63) is 52.8 Å². The van der Waals surface area contributed by atoms with E-state index in [1.165, 1.54) is 11.1 Å². The molecule has 0 unspecified atom stereocenters. The third-order valence-electron chi connectivity index (χ3n) is 5.42. The predicted molar refractivity (Wildman–Crippen MR) is 109 cm³/mol. The van der Waals surface area contributed by atoms with Gasteiger partial charge in [-0.05, 0) is 37.0 Å². The van der Waals surface area contributed by atoms with E-state index in [1.54, 1.807) is 0 Å². The molecule has 1 aliphatic heterocycles. The van der Waals surface area contributed by atoms with Gasteiger partial charge in [-0.15, -0.1) is 0 Å². The number of amides is 1. The van der Waals surface area contributed by atoms with Gasteiger partial charge in [-0.25, -0.2) is 0 Å². The summed E-state index contributed by atoms with van der Waals surface area (Å²) in [6, 6.07) is 11.0. The lowest BCUT2D eigenvalue weighted by Crippen LogP contribution is -2.48.